The average Bonchev–Trinajstić information content (AvgIpc) is 2.81. The number of aryl methyl sites for hydroxylation is 1. The van der Waals surface area contributed by atoms with E-state index in [1.807, 2.05) is 0 Å². The molecule has 2 N–H and O–H groups in total. The molecule has 0 spiro atoms. The summed E-state index contributed by atoms with van der Waals surface area (Å²) in [6.45, 7) is 0.145. The maximum atomic E-state index is 11.9. The molecule has 0 bridgehead atoms. The van der Waals surface area contributed by atoms with Gasteiger partial charge in [-0.15, -0.1) is 0 Å². The van der Waals surface area contributed by atoms with Crippen molar-refractivity contribution in [2.24, 2.45) is 7.05 Å². The summed E-state index contributed by atoms with van der Waals surface area (Å²) < 4.78 is 1.58. The van der Waals surface area contributed by atoms with Crippen LogP contribution in [0.3, 0.4) is 0 Å². The van der Waals surface area contributed by atoms with Crippen LogP contribution in [-0.4, -0.2) is 25.7 Å². The number of aromatic nitrogens is 2. The first-order valence-corrected chi connectivity index (χ1v) is 5.71. The van der Waals surface area contributed by atoms with Gasteiger partial charge in [0.25, 0.3) is 11.6 Å². The summed E-state index contributed by atoms with van der Waals surface area (Å²) in [4.78, 5) is 22.1. The topological polar surface area (TPSA) is 110 Å². The summed E-state index contributed by atoms with van der Waals surface area (Å²) >= 11 is 0. The lowest BCUT2D eigenvalue weighted by Crippen LogP contribution is -2.24. The van der Waals surface area contributed by atoms with E-state index in [1.165, 1.54) is 0 Å². The number of carbonyl (C=O) groups is 1. The van der Waals surface area contributed by atoms with Crippen LogP contribution in [0.4, 0.5) is 5.69 Å². The lowest BCUT2D eigenvalue weighted by molar-refractivity contribution is -0.385. The number of amides is 1. The molecule has 0 aliphatic carbocycles. The van der Waals surface area contributed by atoms with Crippen molar-refractivity contribution in [2.75, 3.05) is 0 Å². The molecule has 1 aromatic carbocycles. The number of aromatic hydroxyl groups is 1. The molecule has 2 aromatic rings. The Balaban J connectivity index is 2.16. The molecule has 0 radical (unpaired) electrons. The van der Waals surface area contributed by atoms with E-state index in [-0.39, 0.29) is 23.5 Å². The maximum absolute atomic E-state index is 11.9. The smallest absolute Gasteiger partial charge is 0.282 e. The first-order valence-electron chi connectivity index (χ1n) is 5.71. The molecule has 0 saturated carbocycles. The van der Waals surface area contributed by atoms with Gasteiger partial charge in [0.05, 0.1) is 17.2 Å². The summed E-state index contributed by atoms with van der Waals surface area (Å²) in [5, 5.41) is 26.8. The molecule has 0 aliphatic rings. The van der Waals surface area contributed by atoms with Crippen LogP contribution >= 0.6 is 0 Å². The first kappa shape index (κ1) is 13.5. The lowest BCUT2D eigenvalue weighted by atomic mass is 10.1. The molecule has 1 amide bonds. The molecule has 20 heavy (non-hydrogen) atoms. The Labute approximate surface area is 113 Å². The first-order chi connectivity index (χ1) is 9.47. The number of benzene rings is 1. The number of nitrogens with zero attached hydrogens (tertiary/aromatic N) is 3. The summed E-state index contributed by atoms with van der Waals surface area (Å²) in [5.41, 5.74) is 0.0795. The summed E-state index contributed by atoms with van der Waals surface area (Å²) in [7, 11) is 1.74. The van der Waals surface area contributed by atoms with Gasteiger partial charge >= 0.3 is 0 Å². The number of rotatable bonds is 4. The van der Waals surface area contributed by atoms with Gasteiger partial charge in [-0.2, -0.15) is 5.10 Å². The maximum Gasteiger partial charge on any atom is 0.282 e. The molecule has 1 aromatic heterocycles. The largest absolute Gasteiger partial charge is 0.508 e. The number of hydrogen-bond donors (Lipinski definition) is 2. The Bertz CT molecular complexity index is 665. The van der Waals surface area contributed by atoms with Crippen molar-refractivity contribution in [1.29, 1.82) is 0 Å². The van der Waals surface area contributed by atoms with Gasteiger partial charge in [0, 0.05) is 19.3 Å². The number of hydrogen-bond acceptors (Lipinski definition) is 5. The number of phenols is 1. The minimum absolute atomic E-state index is 0.145. The molecule has 0 atom stereocenters. The van der Waals surface area contributed by atoms with E-state index < -0.39 is 10.8 Å². The SMILES string of the molecule is Cn1ccc(CNC(=O)c2cc(O)ccc2[N+](=O)[O-])n1. The Hall–Kier alpha value is -2.90. The third kappa shape index (κ3) is 2.91. The van der Waals surface area contributed by atoms with E-state index in [0.717, 1.165) is 18.2 Å². The predicted octanol–water partition coefficient (Wildman–Crippen LogP) is 0.964. The average molecular weight is 276 g/mol. The standard InChI is InChI=1S/C12H12N4O4/c1-15-5-4-8(14-15)7-13-12(18)10-6-9(17)2-3-11(10)16(19)20/h2-6,17H,7H2,1H3,(H,13,18). The molecule has 8 nitrogen and oxygen atoms in total. The van der Waals surface area contributed by atoms with Crippen LogP contribution < -0.4 is 5.32 Å². The molecule has 104 valence electrons. The zero-order chi connectivity index (χ0) is 14.7. The Morgan fingerprint density at radius 1 is 1.50 bits per heavy atom. The van der Waals surface area contributed by atoms with E-state index in [0.29, 0.717) is 5.69 Å². The van der Waals surface area contributed by atoms with Gasteiger partial charge in [-0.1, -0.05) is 0 Å². The molecule has 0 fully saturated rings. The van der Waals surface area contributed by atoms with Gasteiger partial charge in [-0.25, -0.2) is 0 Å². The van der Waals surface area contributed by atoms with Crippen molar-refractivity contribution >= 4 is 11.6 Å². The van der Waals surface area contributed by atoms with Crippen LogP contribution in [0.5, 0.6) is 5.75 Å². The van der Waals surface area contributed by atoms with Crippen molar-refractivity contribution < 1.29 is 14.8 Å². The molecule has 0 unspecified atom stereocenters. The Morgan fingerprint density at radius 2 is 2.25 bits per heavy atom. The van der Waals surface area contributed by atoms with E-state index in [1.54, 1.807) is 24.0 Å². The third-order valence-corrected chi connectivity index (χ3v) is 2.62. The predicted molar refractivity (Wildman–Crippen MR) is 69.1 cm³/mol. The van der Waals surface area contributed by atoms with Crippen LogP contribution in [0.15, 0.2) is 30.5 Å². The van der Waals surface area contributed by atoms with Gasteiger partial charge < -0.3 is 10.4 Å². The van der Waals surface area contributed by atoms with Crippen molar-refractivity contribution in [2.45, 2.75) is 6.54 Å². The highest BCUT2D eigenvalue weighted by Crippen LogP contribution is 2.23. The van der Waals surface area contributed by atoms with E-state index in [9.17, 15) is 20.0 Å². The second-order valence-corrected chi connectivity index (χ2v) is 4.12. The third-order valence-electron chi connectivity index (χ3n) is 2.62. The number of nitro benzene ring substituents is 1. The molecular formula is C12H12N4O4. The number of phenolic OH excluding ortho intramolecular Hbond substituents is 1. The molecule has 2 rings (SSSR count). The zero-order valence-electron chi connectivity index (χ0n) is 10.6. The Kier molecular flexibility index (Phi) is 3.65. The quantitative estimate of drug-likeness (QED) is 0.638. The highest BCUT2D eigenvalue weighted by molar-refractivity contribution is 5.98. The van der Waals surface area contributed by atoms with E-state index in [4.69, 9.17) is 0 Å². The fourth-order valence-corrected chi connectivity index (χ4v) is 1.69. The van der Waals surface area contributed by atoms with Crippen LogP contribution in [0.25, 0.3) is 0 Å². The molecular weight excluding hydrogens is 264 g/mol. The normalized spacial score (nSPS) is 10.2. The van der Waals surface area contributed by atoms with Crippen molar-refractivity contribution in [3.05, 3.63) is 51.8 Å². The van der Waals surface area contributed by atoms with Crippen molar-refractivity contribution in [1.82, 2.24) is 15.1 Å². The van der Waals surface area contributed by atoms with Gasteiger partial charge in [-0.3, -0.25) is 19.6 Å². The lowest BCUT2D eigenvalue weighted by Gasteiger charge is -2.05. The highest BCUT2D eigenvalue weighted by atomic mass is 16.6. The van der Waals surface area contributed by atoms with Gasteiger partial charge in [-0.05, 0) is 18.2 Å². The molecule has 0 saturated heterocycles. The highest BCUT2D eigenvalue weighted by Gasteiger charge is 2.20. The van der Waals surface area contributed by atoms with Gasteiger partial charge in [0.2, 0.25) is 0 Å². The monoisotopic (exact) mass is 276 g/mol. The summed E-state index contributed by atoms with van der Waals surface area (Å²) in [6.07, 6.45) is 1.72. The summed E-state index contributed by atoms with van der Waals surface area (Å²) in [6, 6.07) is 5.03. The number of nitro groups is 1. The second-order valence-electron chi connectivity index (χ2n) is 4.12. The second kappa shape index (κ2) is 5.39. The molecule has 1 heterocycles. The molecule has 0 aliphatic heterocycles. The van der Waals surface area contributed by atoms with Gasteiger partial charge in [0.1, 0.15) is 11.3 Å². The van der Waals surface area contributed by atoms with Crippen LogP contribution in [0.1, 0.15) is 16.1 Å². The summed E-state index contributed by atoms with van der Waals surface area (Å²) in [5.74, 6) is -0.850. The fourth-order valence-electron chi connectivity index (χ4n) is 1.69. The number of carbonyl (C=O) groups excluding carboxylic acids is 1. The fraction of sp³-hybridized carbons (Fsp3) is 0.167. The van der Waals surface area contributed by atoms with Crippen LogP contribution in [0.2, 0.25) is 0 Å². The van der Waals surface area contributed by atoms with Crippen molar-refractivity contribution in [3.63, 3.8) is 0 Å². The van der Waals surface area contributed by atoms with E-state index in [2.05, 4.69) is 10.4 Å². The van der Waals surface area contributed by atoms with Crippen molar-refractivity contribution in [3.8, 4) is 5.75 Å². The minimum atomic E-state index is -0.672. The van der Waals surface area contributed by atoms with Crippen LogP contribution in [0, 0.1) is 10.1 Å². The molecule has 8 heteroatoms. The Morgan fingerprint density at radius 3 is 2.85 bits per heavy atom. The van der Waals surface area contributed by atoms with E-state index >= 15 is 0 Å². The minimum Gasteiger partial charge on any atom is -0.508 e. The van der Waals surface area contributed by atoms with Gasteiger partial charge in [0.15, 0.2) is 0 Å². The number of nitrogens with one attached hydrogen (secondary N) is 1. The zero-order valence-corrected chi connectivity index (χ0v) is 10.6. The van der Waals surface area contributed by atoms with Crippen LogP contribution in [-0.2, 0) is 13.6 Å².